The monoisotopic (exact) mass is 274 g/mol. The van der Waals surface area contributed by atoms with Gasteiger partial charge in [-0.3, -0.25) is 4.68 Å². The summed E-state index contributed by atoms with van der Waals surface area (Å²) in [5.74, 6) is 0. The van der Waals surface area contributed by atoms with Crippen LogP contribution in [0.2, 0.25) is 0 Å². The zero-order chi connectivity index (χ0) is 11.3. The summed E-state index contributed by atoms with van der Waals surface area (Å²) in [5.41, 5.74) is 7.77. The summed E-state index contributed by atoms with van der Waals surface area (Å²) in [7, 11) is 0. The predicted octanol–water partition coefficient (Wildman–Crippen LogP) is 1.28. The number of aryl methyl sites for hydroxylation is 2. The summed E-state index contributed by atoms with van der Waals surface area (Å²) in [6.07, 6.45) is 0.956. The molecule has 86 valence electrons. The standard InChI is InChI=1S/C10H19BrN4/c1-3-8-10(11)9(7-13-6-5-12)15(4-2)14-8/h13H,3-7,12H2,1-2H3. The van der Waals surface area contributed by atoms with Crippen molar-refractivity contribution in [2.45, 2.75) is 33.4 Å². The SMILES string of the molecule is CCc1nn(CC)c(CNCCN)c1Br. The molecule has 1 heterocycles. The van der Waals surface area contributed by atoms with Crippen molar-refractivity contribution in [3.8, 4) is 0 Å². The van der Waals surface area contributed by atoms with Gasteiger partial charge in [0.25, 0.3) is 0 Å². The average molecular weight is 275 g/mol. The van der Waals surface area contributed by atoms with Crippen LogP contribution in [0.4, 0.5) is 0 Å². The van der Waals surface area contributed by atoms with Gasteiger partial charge in [0.15, 0.2) is 0 Å². The Kier molecular flexibility index (Phi) is 5.28. The molecule has 0 amide bonds. The molecule has 0 atom stereocenters. The lowest BCUT2D eigenvalue weighted by atomic mass is 10.3. The van der Waals surface area contributed by atoms with Gasteiger partial charge in [0, 0.05) is 26.2 Å². The van der Waals surface area contributed by atoms with E-state index >= 15 is 0 Å². The van der Waals surface area contributed by atoms with Gasteiger partial charge in [-0.15, -0.1) is 0 Å². The van der Waals surface area contributed by atoms with Crippen molar-refractivity contribution < 1.29 is 0 Å². The fourth-order valence-corrected chi connectivity index (χ4v) is 2.20. The zero-order valence-electron chi connectivity index (χ0n) is 9.39. The molecule has 0 aliphatic heterocycles. The Hall–Kier alpha value is -0.390. The number of aromatic nitrogens is 2. The van der Waals surface area contributed by atoms with E-state index in [0.717, 1.165) is 36.2 Å². The molecule has 1 aromatic heterocycles. The van der Waals surface area contributed by atoms with Crippen molar-refractivity contribution in [2.75, 3.05) is 13.1 Å². The Morgan fingerprint density at radius 1 is 1.47 bits per heavy atom. The van der Waals surface area contributed by atoms with Crippen LogP contribution in [0.3, 0.4) is 0 Å². The highest BCUT2D eigenvalue weighted by Crippen LogP contribution is 2.21. The molecule has 0 aromatic carbocycles. The Bertz CT molecular complexity index is 309. The third-order valence-electron chi connectivity index (χ3n) is 2.31. The fraction of sp³-hybridized carbons (Fsp3) is 0.700. The van der Waals surface area contributed by atoms with Gasteiger partial charge in [-0.05, 0) is 29.3 Å². The first-order chi connectivity index (χ1) is 7.24. The molecule has 15 heavy (non-hydrogen) atoms. The summed E-state index contributed by atoms with van der Waals surface area (Å²) in [4.78, 5) is 0. The fourth-order valence-electron chi connectivity index (χ4n) is 1.50. The summed E-state index contributed by atoms with van der Waals surface area (Å²) in [5, 5.41) is 7.81. The maximum Gasteiger partial charge on any atom is 0.0767 e. The van der Waals surface area contributed by atoms with Crippen LogP contribution < -0.4 is 11.1 Å². The molecular formula is C10H19BrN4. The number of nitrogens with two attached hydrogens (primary N) is 1. The molecule has 3 N–H and O–H groups in total. The van der Waals surface area contributed by atoms with Crippen LogP contribution in [-0.4, -0.2) is 22.9 Å². The molecule has 0 saturated carbocycles. The van der Waals surface area contributed by atoms with Crippen molar-refractivity contribution in [3.63, 3.8) is 0 Å². The van der Waals surface area contributed by atoms with Gasteiger partial charge in [-0.2, -0.15) is 5.10 Å². The number of hydrogen-bond acceptors (Lipinski definition) is 3. The Morgan fingerprint density at radius 3 is 2.73 bits per heavy atom. The molecule has 4 nitrogen and oxygen atoms in total. The van der Waals surface area contributed by atoms with Crippen molar-refractivity contribution in [2.24, 2.45) is 5.73 Å². The van der Waals surface area contributed by atoms with Crippen molar-refractivity contribution in [3.05, 3.63) is 15.9 Å². The molecule has 0 saturated heterocycles. The second-order valence-corrected chi connectivity index (χ2v) is 4.14. The largest absolute Gasteiger partial charge is 0.329 e. The molecule has 0 fully saturated rings. The van der Waals surface area contributed by atoms with Crippen LogP contribution in [0.15, 0.2) is 4.47 Å². The van der Waals surface area contributed by atoms with Crippen LogP contribution in [0, 0.1) is 0 Å². The highest BCUT2D eigenvalue weighted by Gasteiger charge is 2.12. The first kappa shape index (κ1) is 12.7. The van der Waals surface area contributed by atoms with E-state index in [1.807, 2.05) is 4.68 Å². The van der Waals surface area contributed by atoms with Gasteiger partial charge < -0.3 is 11.1 Å². The number of nitrogens with zero attached hydrogens (tertiary/aromatic N) is 2. The smallest absolute Gasteiger partial charge is 0.0767 e. The Balaban J connectivity index is 2.78. The van der Waals surface area contributed by atoms with Crippen molar-refractivity contribution in [1.29, 1.82) is 0 Å². The summed E-state index contributed by atoms with van der Waals surface area (Å²) < 4.78 is 3.17. The second-order valence-electron chi connectivity index (χ2n) is 3.34. The lowest BCUT2D eigenvalue weighted by Gasteiger charge is -2.06. The molecule has 0 aliphatic rings. The minimum atomic E-state index is 0.665. The Morgan fingerprint density at radius 2 is 2.20 bits per heavy atom. The minimum Gasteiger partial charge on any atom is -0.329 e. The zero-order valence-corrected chi connectivity index (χ0v) is 11.0. The van der Waals surface area contributed by atoms with Gasteiger partial charge >= 0.3 is 0 Å². The number of halogens is 1. The maximum atomic E-state index is 5.44. The molecule has 1 rings (SSSR count). The van der Waals surface area contributed by atoms with E-state index in [1.165, 1.54) is 5.69 Å². The van der Waals surface area contributed by atoms with Crippen LogP contribution in [-0.2, 0) is 19.5 Å². The average Bonchev–Trinajstić information content (AvgIpc) is 2.56. The van der Waals surface area contributed by atoms with E-state index in [0.29, 0.717) is 6.54 Å². The Labute approximate surface area is 99.4 Å². The van der Waals surface area contributed by atoms with Gasteiger partial charge in [-0.1, -0.05) is 6.92 Å². The number of hydrogen-bond donors (Lipinski definition) is 2. The highest BCUT2D eigenvalue weighted by atomic mass is 79.9. The highest BCUT2D eigenvalue weighted by molar-refractivity contribution is 9.10. The van der Waals surface area contributed by atoms with E-state index < -0.39 is 0 Å². The second kappa shape index (κ2) is 6.25. The molecule has 5 heteroatoms. The summed E-state index contributed by atoms with van der Waals surface area (Å²) in [6, 6.07) is 0. The first-order valence-corrected chi connectivity index (χ1v) is 6.18. The molecule has 0 bridgehead atoms. The van der Waals surface area contributed by atoms with E-state index in [2.05, 4.69) is 40.2 Å². The third kappa shape index (κ3) is 3.03. The van der Waals surface area contributed by atoms with Crippen molar-refractivity contribution in [1.82, 2.24) is 15.1 Å². The van der Waals surface area contributed by atoms with Gasteiger partial charge in [0.2, 0.25) is 0 Å². The van der Waals surface area contributed by atoms with E-state index in [1.54, 1.807) is 0 Å². The molecular weight excluding hydrogens is 256 g/mol. The van der Waals surface area contributed by atoms with E-state index in [4.69, 9.17) is 5.73 Å². The van der Waals surface area contributed by atoms with Gasteiger partial charge in [0.05, 0.1) is 15.9 Å². The quantitative estimate of drug-likeness (QED) is 0.769. The molecule has 0 radical (unpaired) electrons. The minimum absolute atomic E-state index is 0.665. The molecule has 0 spiro atoms. The number of rotatable bonds is 6. The molecule has 1 aromatic rings. The topological polar surface area (TPSA) is 55.9 Å². The van der Waals surface area contributed by atoms with Gasteiger partial charge in [-0.25, -0.2) is 0 Å². The first-order valence-electron chi connectivity index (χ1n) is 5.39. The third-order valence-corrected chi connectivity index (χ3v) is 3.22. The van der Waals surface area contributed by atoms with Crippen molar-refractivity contribution >= 4 is 15.9 Å². The van der Waals surface area contributed by atoms with Crippen LogP contribution in [0.1, 0.15) is 25.2 Å². The summed E-state index contributed by atoms with van der Waals surface area (Å²) in [6.45, 7) is 7.44. The lowest BCUT2D eigenvalue weighted by molar-refractivity contribution is 0.579. The maximum absolute atomic E-state index is 5.44. The van der Waals surface area contributed by atoms with E-state index in [-0.39, 0.29) is 0 Å². The predicted molar refractivity (Wildman–Crippen MR) is 65.7 cm³/mol. The van der Waals surface area contributed by atoms with E-state index in [9.17, 15) is 0 Å². The van der Waals surface area contributed by atoms with Crippen LogP contribution in [0.25, 0.3) is 0 Å². The normalized spacial score (nSPS) is 10.9. The molecule has 0 aliphatic carbocycles. The summed E-state index contributed by atoms with van der Waals surface area (Å²) >= 11 is 3.60. The van der Waals surface area contributed by atoms with Crippen LogP contribution in [0.5, 0.6) is 0 Å². The number of nitrogens with one attached hydrogen (secondary N) is 1. The lowest BCUT2D eigenvalue weighted by Crippen LogP contribution is -2.23. The molecule has 0 unspecified atom stereocenters. The van der Waals surface area contributed by atoms with Gasteiger partial charge in [0.1, 0.15) is 0 Å². The van der Waals surface area contributed by atoms with Crippen LogP contribution >= 0.6 is 15.9 Å².